The van der Waals surface area contributed by atoms with Gasteiger partial charge in [0.15, 0.2) is 11.5 Å². The molecule has 5 aromatic rings. The molecule has 0 bridgehead atoms. The molecule has 5 rings (SSSR count). The standard InChI is InChI=1S/C20H15N5O/c1-25-19-16(12-22-25)20(24-18(23-19)13-5-3-2-4-6-13)26-15-7-8-17-14(11-15)9-10-21-17/h2-12,21H,1H3. The highest BCUT2D eigenvalue weighted by molar-refractivity contribution is 5.83. The van der Waals surface area contributed by atoms with Crippen LogP contribution in [0.5, 0.6) is 11.6 Å². The van der Waals surface area contributed by atoms with Crippen LogP contribution in [0.4, 0.5) is 0 Å². The Kier molecular flexibility index (Phi) is 3.21. The molecule has 0 spiro atoms. The number of ether oxygens (including phenoxy) is 1. The molecule has 0 saturated heterocycles. The van der Waals surface area contributed by atoms with Crippen LogP contribution in [-0.2, 0) is 7.05 Å². The van der Waals surface area contributed by atoms with Gasteiger partial charge in [-0.15, -0.1) is 0 Å². The van der Waals surface area contributed by atoms with Crippen molar-refractivity contribution in [3.05, 3.63) is 67.0 Å². The van der Waals surface area contributed by atoms with E-state index in [9.17, 15) is 0 Å². The van der Waals surface area contributed by atoms with Crippen LogP contribution in [0.1, 0.15) is 0 Å². The molecule has 0 aliphatic heterocycles. The molecule has 26 heavy (non-hydrogen) atoms. The van der Waals surface area contributed by atoms with Crippen LogP contribution < -0.4 is 4.74 Å². The summed E-state index contributed by atoms with van der Waals surface area (Å²) in [7, 11) is 1.86. The summed E-state index contributed by atoms with van der Waals surface area (Å²) in [6.07, 6.45) is 3.64. The first-order valence-electron chi connectivity index (χ1n) is 8.28. The summed E-state index contributed by atoms with van der Waals surface area (Å²) < 4.78 is 7.85. The molecule has 2 aromatic carbocycles. The summed E-state index contributed by atoms with van der Waals surface area (Å²) in [5.41, 5.74) is 2.73. The molecular weight excluding hydrogens is 326 g/mol. The van der Waals surface area contributed by atoms with Gasteiger partial charge < -0.3 is 9.72 Å². The Bertz CT molecular complexity index is 1220. The Morgan fingerprint density at radius 3 is 2.77 bits per heavy atom. The largest absolute Gasteiger partial charge is 0.438 e. The summed E-state index contributed by atoms with van der Waals surface area (Å²) in [5, 5.41) is 6.17. The second-order valence-electron chi connectivity index (χ2n) is 6.05. The number of nitrogens with one attached hydrogen (secondary N) is 1. The van der Waals surface area contributed by atoms with E-state index in [1.54, 1.807) is 10.9 Å². The molecular formula is C20H15N5O. The van der Waals surface area contributed by atoms with Gasteiger partial charge in [0.25, 0.3) is 0 Å². The molecule has 0 aliphatic carbocycles. The maximum Gasteiger partial charge on any atom is 0.234 e. The number of hydrogen-bond donors (Lipinski definition) is 1. The monoisotopic (exact) mass is 341 g/mol. The van der Waals surface area contributed by atoms with Crippen molar-refractivity contribution in [2.24, 2.45) is 7.05 Å². The van der Waals surface area contributed by atoms with Gasteiger partial charge in [-0.05, 0) is 24.3 Å². The molecule has 0 atom stereocenters. The molecule has 0 radical (unpaired) electrons. The lowest BCUT2D eigenvalue weighted by Gasteiger charge is -2.08. The normalized spacial score (nSPS) is 11.3. The van der Waals surface area contributed by atoms with Crippen molar-refractivity contribution in [1.29, 1.82) is 0 Å². The van der Waals surface area contributed by atoms with E-state index in [-0.39, 0.29) is 0 Å². The number of hydrogen-bond acceptors (Lipinski definition) is 4. The Labute approximate surface area is 149 Å². The lowest BCUT2D eigenvalue weighted by Crippen LogP contribution is -1.98. The SMILES string of the molecule is Cn1ncc2c(Oc3ccc4[nH]ccc4c3)nc(-c3ccccc3)nc21. The lowest BCUT2D eigenvalue weighted by atomic mass is 10.2. The zero-order chi connectivity index (χ0) is 17.5. The predicted molar refractivity (Wildman–Crippen MR) is 100 cm³/mol. The Morgan fingerprint density at radius 2 is 1.88 bits per heavy atom. The lowest BCUT2D eigenvalue weighted by molar-refractivity contribution is 0.469. The minimum atomic E-state index is 0.497. The zero-order valence-corrected chi connectivity index (χ0v) is 14.0. The van der Waals surface area contributed by atoms with Crippen molar-refractivity contribution in [1.82, 2.24) is 24.7 Å². The average molecular weight is 341 g/mol. The molecule has 126 valence electrons. The maximum absolute atomic E-state index is 6.13. The minimum Gasteiger partial charge on any atom is -0.438 e. The van der Waals surface area contributed by atoms with E-state index in [4.69, 9.17) is 4.74 Å². The summed E-state index contributed by atoms with van der Waals surface area (Å²) in [6, 6.07) is 17.8. The van der Waals surface area contributed by atoms with Gasteiger partial charge in [0.05, 0.1) is 6.20 Å². The number of benzene rings is 2. The maximum atomic E-state index is 6.13. The van der Waals surface area contributed by atoms with E-state index in [0.29, 0.717) is 11.7 Å². The van der Waals surface area contributed by atoms with E-state index in [1.165, 1.54) is 0 Å². The first-order chi connectivity index (χ1) is 12.8. The van der Waals surface area contributed by atoms with Crippen LogP contribution in [0.15, 0.2) is 67.0 Å². The predicted octanol–water partition coefficient (Wildman–Crippen LogP) is 4.30. The van der Waals surface area contributed by atoms with Crippen LogP contribution in [0, 0.1) is 0 Å². The van der Waals surface area contributed by atoms with Gasteiger partial charge in [-0.3, -0.25) is 4.68 Å². The summed E-state index contributed by atoms with van der Waals surface area (Å²) in [6.45, 7) is 0. The summed E-state index contributed by atoms with van der Waals surface area (Å²) >= 11 is 0. The van der Waals surface area contributed by atoms with Crippen molar-refractivity contribution < 1.29 is 4.74 Å². The van der Waals surface area contributed by atoms with E-state index >= 15 is 0 Å². The van der Waals surface area contributed by atoms with Crippen molar-refractivity contribution in [2.75, 3.05) is 0 Å². The Morgan fingerprint density at radius 1 is 1.00 bits per heavy atom. The van der Waals surface area contributed by atoms with Gasteiger partial charge in [0.2, 0.25) is 5.88 Å². The van der Waals surface area contributed by atoms with Crippen LogP contribution in [0.25, 0.3) is 33.3 Å². The number of aromatic amines is 1. The van der Waals surface area contributed by atoms with Gasteiger partial charge in [-0.25, -0.2) is 4.98 Å². The fraction of sp³-hybridized carbons (Fsp3) is 0.0500. The molecule has 0 fully saturated rings. The molecule has 1 N–H and O–H groups in total. The van der Waals surface area contributed by atoms with E-state index in [2.05, 4.69) is 20.1 Å². The summed E-state index contributed by atoms with van der Waals surface area (Å²) in [4.78, 5) is 12.5. The third-order valence-electron chi connectivity index (χ3n) is 4.33. The van der Waals surface area contributed by atoms with Crippen LogP contribution >= 0.6 is 0 Å². The topological polar surface area (TPSA) is 68.6 Å². The Hall–Kier alpha value is -3.67. The van der Waals surface area contributed by atoms with Crippen LogP contribution in [0.3, 0.4) is 0 Å². The van der Waals surface area contributed by atoms with Crippen molar-refractivity contribution in [3.8, 4) is 23.0 Å². The minimum absolute atomic E-state index is 0.497. The number of nitrogens with zero attached hydrogens (tertiary/aromatic N) is 4. The molecule has 3 aromatic heterocycles. The van der Waals surface area contributed by atoms with Crippen LogP contribution in [0.2, 0.25) is 0 Å². The van der Waals surface area contributed by atoms with Crippen molar-refractivity contribution in [3.63, 3.8) is 0 Å². The zero-order valence-electron chi connectivity index (χ0n) is 14.0. The molecule has 3 heterocycles. The summed E-state index contributed by atoms with van der Waals surface area (Å²) in [5.74, 6) is 1.83. The Balaban J connectivity index is 1.65. The first kappa shape index (κ1) is 14.7. The van der Waals surface area contributed by atoms with Gasteiger partial charge in [-0.2, -0.15) is 10.1 Å². The van der Waals surface area contributed by atoms with E-state index < -0.39 is 0 Å². The fourth-order valence-electron chi connectivity index (χ4n) is 3.00. The molecule has 0 saturated carbocycles. The van der Waals surface area contributed by atoms with Crippen LogP contribution in [-0.4, -0.2) is 24.7 Å². The first-order valence-corrected chi connectivity index (χ1v) is 8.28. The van der Waals surface area contributed by atoms with Gasteiger partial charge >= 0.3 is 0 Å². The van der Waals surface area contributed by atoms with Crippen molar-refractivity contribution >= 4 is 21.9 Å². The fourth-order valence-corrected chi connectivity index (χ4v) is 3.00. The number of aromatic nitrogens is 5. The van der Waals surface area contributed by atoms with E-state index in [1.807, 2.05) is 67.8 Å². The second kappa shape index (κ2) is 5.70. The molecule has 0 amide bonds. The smallest absolute Gasteiger partial charge is 0.234 e. The molecule has 0 aliphatic rings. The van der Waals surface area contributed by atoms with Gasteiger partial charge in [-0.1, -0.05) is 30.3 Å². The highest BCUT2D eigenvalue weighted by Gasteiger charge is 2.15. The van der Waals surface area contributed by atoms with E-state index in [0.717, 1.165) is 33.2 Å². The number of aryl methyl sites for hydroxylation is 1. The van der Waals surface area contributed by atoms with Gasteiger partial charge in [0, 0.05) is 29.7 Å². The number of H-pyrrole nitrogens is 1. The third-order valence-corrected chi connectivity index (χ3v) is 4.33. The number of rotatable bonds is 3. The number of fused-ring (bicyclic) bond motifs is 2. The molecule has 0 unspecified atom stereocenters. The highest BCUT2D eigenvalue weighted by Crippen LogP contribution is 2.31. The van der Waals surface area contributed by atoms with Gasteiger partial charge in [0.1, 0.15) is 11.1 Å². The second-order valence-corrected chi connectivity index (χ2v) is 6.05. The molecule has 6 nitrogen and oxygen atoms in total. The van der Waals surface area contributed by atoms with Crippen molar-refractivity contribution in [2.45, 2.75) is 0 Å². The molecule has 6 heteroatoms. The quantitative estimate of drug-likeness (QED) is 0.531. The average Bonchev–Trinajstić information content (AvgIpc) is 3.29. The highest BCUT2D eigenvalue weighted by atomic mass is 16.5. The third kappa shape index (κ3) is 2.39.